The third kappa shape index (κ3) is 5.01. The van der Waals surface area contributed by atoms with Gasteiger partial charge >= 0.3 is 0 Å². The molecule has 0 saturated carbocycles. The molecule has 0 amide bonds. The van der Waals surface area contributed by atoms with Crippen molar-refractivity contribution < 1.29 is 9.15 Å². The van der Waals surface area contributed by atoms with E-state index in [4.69, 9.17) is 19.1 Å². The molecule has 11 rings (SSSR count). The molecule has 256 valence electrons. The maximum absolute atomic E-state index is 6.91. The summed E-state index contributed by atoms with van der Waals surface area (Å²) in [7, 11) is 0. The van der Waals surface area contributed by atoms with Crippen LogP contribution in [0.15, 0.2) is 196 Å². The fourth-order valence-electron chi connectivity index (χ4n) is 8.35. The number of hydrogen-bond acceptors (Lipinski definition) is 5. The van der Waals surface area contributed by atoms with Gasteiger partial charge in [-0.1, -0.05) is 152 Å². The Morgan fingerprint density at radius 3 is 2.11 bits per heavy atom. The highest BCUT2D eigenvalue weighted by atomic mass is 16.5. The molecule has 8 aromatic rings. The van der Waals surface area contributed by atoms with Gasteiger partial charge in [0.15, 0.2) is 6.17 Å². The van der Waals surface area contributed by atoms with E-state index in [2.05, 4.69) is 157 Å². The number of para-hydroxylation sites is 2. The molecule has 0 spiro atoms. The summed E-state index contributed by atoms with van der Waals surface area (Å²) in [5.74, 6) is 2.42. The SMILES string of the molecule is C1=CC2Oc3c(-c4cccc5oc6ccccc6c45)cccc3C2C(C2N=C(c3ccc(-c4ccccc4)cc3)NC(c3ccc4ccccc4c3)=N2)=C1. The van der Waals surface area contributed by atoms with Crippen LogP contribution in [0.3, 0.4) is 0 Å². The second kappa shape index (κ2) is 12.3. The first-order chi connectivity index (χ1) is 26.7. The number of nitrogens with zero attached hydrogens (tertiary/aromatic N) is 2. The number of rotatable bonds is 5. The van der Waals surface area contributed by atoms with Crippen LogP contribution in [0.2, 0.25) is 0 Å². The highest BCUT2D eigenvalue weighted by molar-refractivity contribution is 6.17. The summed E-state index contributed by atoms with van der Waals surface area (Å²) in [5.41, 5.74) is 10.5. The molecule has 0 bridgehead atoms. The van der Waals surface area contributed by atoms with Crippen molar-refractivity contribution in [2.75, 3.05) is 0 Å². The number of nitrogens with one attached hydrogen (secondary N) is 1. The van der Waals surface area contributed by atoms with Crippen molar-refractivity contribution in [3.05, 3.63) is 198 Å². The molecule has 0 fully saturated rings. The standard InChI is InChI=1S/C49H33N3O2/c1-2-11-30(12-3-1)32-23-26-33(27-24-32)47-50-48(35-28-25-31-13-4-5-14-34(31)29-35)52-49(51-47)40-19-10-22-43-45(40)39-18-8-17-37(46(39)54-43)36-16-9-21-42-44(36)38-15-6-7-20-41(38)53-42/h1-29,43,45,49H,(H,50,51,52). The van der Waals surface area contributed by atoms with Crippen molar-refractivity contribution in [3.8, 4) is 28.0 Å². The Bertz CT molecular complexity index is 2900. The third-order valence-electron chi connectivity index (χ3n) is 10.9. The Morgan fingerprint density at radius 1 is 0.537 bits per heavy atom. The molecule has 5 heteroatoms. The fourth-order valence-corrected chi connectivity index (χ4v) is 8.35. The van der Waals surface area contributed by atoms with Gasteiger partial charge < -0.3 is 14.5 Å². The van der Waals surface area contributed by atoms with E-state index in [0.717, 1.165) is 78.3 Å². The molecule has 0 saturated heterocycles. The first-order valence-corrected chi connectivity index (χ1v) is 18.4. The predicted octanol–water partition coefficient (Wildman–Crippen LogP) is 11.2. The van der Waals surface area contributed by atoms with Crippen molar-refractivity contribution in [1.29, 1.82) is 0 Å². The van der Waals surface area contributed by atoms with Gasteiger partial charge in [0.25, 0.3) is 0 Å². The zero-order valence-electron chi connectivity index (χ0n) is 29.2. The minimum Gasteiger partial charge on any atom is -0.484 e. The zero-order valence-corrected chi connectivity index (χ0v) is 29.2. The number of allylic oxidation sites excluding steroid dienone is 2. The first-order valence-electron chi connectivity index (χ1n) is 18.4. The van der Waals surface area contributed by atoms with Crippen LogP contribution in [0, 0.1) is 0 Å². The Morgan fingerprint density at radius 2 is 1.22 bits per heavy atom. The molecule has 3 heterocycles. The Hall–Kier alpha value is -6.98. The number of fused-ring (bicyclic) bond motifs is 7. The van der Waals surface area contributed by atoms with E-state index in [1.54, 1.807) is 0 Å². The number of aliphatic imine (C=N–C) groups is 2. The first kappa shape index (κ1) is 30.6. The lowest BCUT2D eigenvalue weighted by Crippen LogP contribution is -2.39. The van der Waals surface area contributed by atoms with E-state index in [9.17, 15) is 0 Å². The van der Waals surface area contributed by atoms with Crippen molar-refractivity contribution in [2.24, 2.45) is 9.98 Å². The minimum absolute atomic E-state index is 0.0552. The van der Waals surface area contributed by atoms with Gasteiger partial charge in [0.1, 0.15) is 34.7 Å². The average molecular weight is 696 g/mol. The van der Waals surface area contributed by atoms with E-state index < -0.39 is 6.17 Å². The number of furan rings is 1. The predicted molar refractivity (Wildman–Crippen MR) is 219 cm³/mol. The number of benzene rings is 7. The van der Waals surface area contributed by atoms with Crippen LogP contribution >= 0.6 is 0 Å². The molecule has 3 unspecified atom stereocenters. The summed E-state index contributed by atoms with van der Waals surface area (Å²) in [4.78, 5) is 10.7. The molecule has 2 aliphatic heterocycles. The van der Waals surface area contributed by atoms with Crippen LogP contribution in [-0.2, 0) is 0 Å². The largest absolute Gasteiger partial charge is 0.484 e. The van der Waals surface area contributed by atoms with E-state index in [0.29, 0.717) is 0 Å². The van der Waals surface area contributed by atoms with Crippen molar-refractivity contribution in [3.63, 3.8) is 0 Å². The lowest BCUT2D eigenvalue weighted by Gasteiger charge is -2.29. The molecule has 5 nitrogen and oxygen atoms in total. The van der Waals surface area contributed by atoms with Crippen molar-refractivity contribution in [1.82, 2.24) is 5.32 Å². The molecule has 7 aromatic carbocycles. The summed E-state index contributed by atoms with van der Waals surface area (Å²) in [6, 6.07) is 55.0. The molecule has 3 atom stereocenters. The van der Waals surface area contributed by atoms with Gasteiger partial charge in [0.2, 0.25) is 0 Å². The normalized spacial score (nSPS) is 18.7. The zero-order chi connectivity index (χ0) is 35.6. The Labute approximate surface area is 312 Å². The topological polar surface area (TPSA) is 59.1 Å². The maximum atomic E-state index is 6.91. The molecule has 3 aliphatic rings. The summed E-state index contributed by atoms with van der Waals surface area (Å²) in [6.45, 7) is 0. The smallest absolute Gasteiger partial charge is 0.166 e. The molecule has 1 aromatic heterocycles. The summed E-state index contributed by atoms with van der Waals surface area (Å²) in [6.07, 6.45) is 5.80. The minimum atomic E-state index is -0.464. The highest BCUT2D eigenvalue weighted by Crippen LogP contribution is 2.51. The Balaban J connectivity index is 1.02. The lowest BCUT2D eigenvalue weighted by molar-refractivity contribution is 0.263. The molecular weight excluding hydrogens is 663 g/mol. The summed E-state index contributed by atoms with van der Waals surface area (Å²) in [5, 5.41) is 8.19. The number of hydrogen-bond donors (Lipinski definition) is 1. The van der Waals surface area contributed by atoms with Gasteiger partial charge in [0.05, 0.1) is 5.92 Å². The van der Waals surface area contributed by atoms with Gasteiger partial charge in [-0.25, -0.2) is 9.98 Å². The van der Waals surface area contributed by atoms with E-state index in [1.807, 2.05) is 24.3 Å². The monoisotopic (exact) mass is 695 g/mol. The quantitative estimate of drug-likeness (QED) is 0.195. The van der Waals surface area contributed by atoms with E-state index in [-0.39, 0.29) is 12.0 Å². The van der Waals surface area contributed by atoms with Crippen LogP contribution < -0.4 is 10.1 Å². The van der Waals surface area contributed by atoms with Crippen molar-refractivity contribution >= 4 is 44.4 Å². The molecule has 1 aliphatic carbocycles. The molecule has 0 radical (unpaired) electrons. The Kier molecular flexibility index (Phi) is 6.99. The van der Waals surface area contributed by atoms with Gasteiger partial charge in [-0.2, -0.15) is 0 Å². The van der Waals surface area contributed by atoms with Crippen LogP contribution in [0.4, 0.5) is 0 Å². The highest BCUT2D eigenvalue weighted by Gasteiger charge is 2.41. The van der Waals surface area contributed by atoms with Gasteiger partial charge in [-0.3, -0.25) is 0 Å². The second-order valence-corrected chi connectivity index (χ2v) is 14.1. The van der Waals surface area contributed by atoms with E-state index in [1.165, 1.54) is 16.3 Å². The summed E-state index contributed by atoms with van der Waals surface area (Å²) < 4.78 is 13.2. The fraction of sp³-hybridized carbons (Fsp3) is 0.0612. The number of ether oxygens (including phenoxy) is 1. The van der Waals surface area contributed by atoms with Crippen molar-refractivity contribution in [2.45, 2.75) is 18.2 Å². The van der Waals surface area contributed by atoms with Crippen LogP contribution in [0.25, 0.3) is 55.0 Å². The van der Waals surface area contributed by atoms with Gasteiger partial charge in [-0.15, -0.1) is 0 Å². The molecule has 1 N–H and O–H groups in total. The second-order valence-electron chi connectivity index (χ2n) is 14.1. The van der Waals surface area contributed by atoms with Gasteiger partial charge in [0, 0.05) is 33.0 Å². The average Bonchev–Trinajstić information content (AvgIpc) is 3.83. The third-order valence-corrected chi connectivity index (χ3v) is 10.9. The molecule has 54 heavy (non-hydrogen) atoms. The summed E-state index contributed by atoms with van der Waals surface area (Å²) >= 11 is 0. The molecular formula is C49H33N3O2. The van der Waals surface area contributed by atoms with Crippen LogP contribution in [0.1, 0.15) is 22.6 Å². The number of amidine groups is 2. The van der Waals surface area contributed by atoms with Crippen LogP contribution in [0.5, 0.6) is 5.75 Å². The maximum Gasteiger partial charge on any atom is 0.166 e. The van der Waals surface area contributed by atoms with Gasteiger partial charge in [-0.05, 0) is 57.3 Å². The lowest BCUT2D eigenvalue weighted by atomic mass is 9.82. The van der Waals surface area contributed by atoms with E-state index >= 15 is 0 Å². The van der Waals surface area contributed by atoms with Crippen LogP contribution in [-0.4, -0.2) is 23.9 Å².